The van der Waals surface area contributed by atoms with Crippen LogP contribution in [0.15, 0.2) is 16.6 Å². The monoisotopic (exact) mass is 307 g/mol. The van der Waals surface area contributed by atoms with Crippen molar-refractivity contribution >= 4 is 33.3 Å². The number of rotatable bonds is 3. The summed E-state index contributed by atoms with van der Waals surface area (Å²) in [5.41, 5.74) is 5.02. The first-order chi connectivity index (χ1) is 7.22. The van der Waals surface area contributed by atoms with E-state index in [4.69, 9.17) is 17.3 Å². The highest BCUT2D eigenvalue weighted by Crippen LogP contribution is 2.28. The molecule has 1 rings (SSSR count). The van der Waals surface area contributed by atoms with Crippen molar-refractivity contribution in [2.75, 3.05) is 0 Å². The zero-order chi connectivity index (χ0) is 12.5. The molecule has 0 heterocycles. The average Bonchev–Trinajstić information content (AvgIpc) is 2.11. The van der Waals surface area contributed by atoms with Gasteiger partial charge in [0.25, 0.3) is 0 Å². The molecule has 0 spiro atoms. The normalized spacial score (nSPS) is 11.6. The number of hydrogen-bond donors (Lipinski definition) is 1. The van der Waals surface area contributed by atoms with Crippen LogP contribution in [0.1, 0.15) is 30.6 Å². The van der Waals surface area contributed by atoms with Crippen molar-refractivity contribution < 1.29 is 9.18 Å². The van der Waals surface area contributed by atoms with Crippen LogP contribution in [0.2, 0.25) is 5.02 Å². The molecule has 5 heteroatoms. The molecule has 0 saturated carbocycles. The highest BCUT2D eigenvalue weighted by molar-refractivity contribution is 9.10. The summed E-state index contributed by atoms with van der Waals surface area (Å²) in [5, 5.41) is -0.0827. The van der Waals surface area contributed by atoms with E-state index >= 15 is 0 Å². The summed E-state index contributed by atoms with van der Waals surface area (Å²) < 4.78 is 14.1. The van der Waals surface area contributed by atoms with Gasteiger partial charge in [-0.3, -0.25) is 4.79 Å². The molecule has 0 aromatic heterocycles. The third kappa shape index (κ3) is 3.27. The maximum absolute atomic E-state index is 13.7. The van der Waals surface area contributed by atoms with Crippen molar-refractivity contribution in [2.24, 2.45) is 5.73 Å². The first kappa shape index (κ1) is 13.6. The number of halogens is 3. The van der Waals surface area contributed by atoms with Crippen LogP contribution >= 0.6 is 27.5 Å². The Bertz CT molecular complexity index is 429. The molecule has 0 fully saturated rings. The molecule has 0 aliphatic heterocycles. The molecule has 0 unspecified atom stereocenters. The van der Waals surface area contributed by atoms with Crippen molar-refractivity contribution in [3.63, 3.8) is 0 Å². The molecule has 1 aromatic rings. The Balaban J connectivity index is 3.06. The fourth-order valence-corrected chi connectivity index (χ4v) is 1.72. The molecular formula is C11H12BrClFNO. The van der Waals surface area contributed by atoms with Gasteiger partial charge in [-0.2, -0.15) is 0 Å². The van der Waals surface area contributed by atoms with Gasteiger partial charge in [0.1, 0.15) is 0 Å². The van der Waals surface area contributed by atoms with E-state index in [0.29, 0.717) is 4.47 Å². The largest absolute Gasteiger partial charge is 0.325 e. The van der Waals surface area contributed by atoms with Gasteiger partial charge >= 0.3 is 0 Å². The van der Waals surface area contributed by atoms with Crippen LogP contribution in [-0.4, -0.2) is 11.3 Å². The van der Waals surface area contributed by atoms with Crippen LogP contribution in [0.5, 0.6) is 0 Å². The Kier molecular flexibility index (Phi) is 4.10. The Morgan fingerprint density at radius 1 is 1.56 bits per heavy atom. The fourth-order valence-electron chi connectivity index (χ4n) is 1.25. The minimum absolute atomic E-state index is 0.0216. The lowest BCUT2D eigenvalue weighted by molar-refractivity contribution is 0.0956. The van der Waals surface area contributed by atoms with Crippen LogP contribution < -0.4 is 5.73 Å². The standard InChI is InChI=1S/C11H12BrClFNO/c1-11(2,15)5-8(16)6-3-4-7(12)9(13)10(6)14/h3-4H,5,15H2,1-2H3. The summed E-state index contributed by atoms with van der Waals surface area (Å²) in [6.45, 7) is 3.42. The first-order valence-electron chi connectivity index (χ1n) is 4.68. The Labute approximate surface area is 107 Å². The summed E-state index contributed by atoms with van der Waals surface area (Å²) in [6.07, 6.45) is 0.0713. The number of nitrogens with two attached hydrogens (primary N) is 1. The minimum Gasteiger partial charge on any atom is -0.325 e. The molecule has 88 valence electrons. The van der Waals surface area contributed by atoms with Crippen LogP contribution in [0.4, 0.5) is 4.39 Å². The summed E-state index contributed by atoms with van der Waals surface area (Å²) in [5.74, 6) is -1.05. The van der Waals surface area contributed by atoms with Gasteiger partial charge < -0.3 is 5.73 Å². The van der Waals surface area contributed by atoms with Crippen molar-refractivity contribution in [3.8, 4) is 0 Å². The van der Waals surface area contributed by atoms with Crippen LogP contribution in [0.25, 0.3) is 0 Å². The second-order valence-electron chi connectivity index (χ2n) is 4.31. The number of benzene rings is 1. The number of Topliss-reactive ketones (excluding diaryl/α,β-unsaturated/α-hetero) is 1. The second-order valence-corrected chi connectivity index (χ2v) is 5.54. The Hall–Kier alpha value is -0.450. The van der Waals surface area contributed by atoms with Crippen molar-refractivity contribution in [1.82, 2.24) is 0 Å². The quantitative estimate of drug-likeness (QED) is 0.685. The molecule has 1 aromatic carbocycles. The number of carbonyl (C=O) groups is 1. The molecule has 0 saturated heterocycles. The van der Waals surface area contributed by atoms with Crippen LogP contribution in [0.3, 0.4) is 0 Å². The van der Waals surface area contributed by atoms with Gasteiger partial charge in [-0.05, 0) is 41.9 Å². The molecule has 2 N–H and O–H groups in total. The van der Waals surface area contributed by atoms with Gasteiger partial charge in [0.05, 0.1) is 10.6 Å². The number of ketones is 1. The zero-order valence-electron chi connectivity index (χ0n) is 8.98. The maximum atomic E-state index is 13.7. The van der Waals surface area contributed by atoms with Crippen molar-refractivity contribution in [3.05, 3.63) is 33.0 Å². The third-order valence-corrected chi connectivity index (χ3v) is 3.21. The molecule has 0 radical (unpaired) electrons. The molecule has 0 aliphatic rings. The van der Waals surface area contributed by atoms with Gasteiger partial charge in [-0.1, -0.05) is 11.6 Å². The molecule has 16 heavy (non-hydrogen) atoms. The van der Waals surface area contributed by atoms with Crippen molar-refractivity contribution in [2.45, 2.75) is 25.8 Å². The predicted octanol–water partition coefficient (Wildman–Crippen LogP) is 3.55. The van der Waals surface area contributed by atoms with E-state index in [1.54, 1.807) is 19.9 Å². The van der Waals surface area contributed by atoms with Gasteiger partial charge in [0.15, 0.2) is 11.6 Å². The molecule has 0 atom stereocenters. The van der Waals surface area contributed by atoms with Gasteiger partial charge in [-0.25, -0.2) is 4.39 Å². The highest BCUT2D eigenvalue weighted by Gasteiger charge is 2.22. The minimum atomic E-state index is -0.703. The lowest BCUT2D eigenvalue weighted by Gasteiger charge is -2.17. The number of carbonyl (C=O) groups excluding carboxylic acids is 1. The van der Waals surface area contributed by atoms with E-state index < -0.39 is 11.4 Å². The lowest BCUT2D eigenvalue weighted by Crippen LogP contribution is -2.34. The second kappa shape index (κ2) is 4.82. The SMILES string of the molecule is CC(C)(N)CC(=O)c1ccc(Br)c(Cl)c1F. The zero-order valence-corrected chi connectivity index (χ0v) is 11.3. The molecule has 0 aliphatic carbocycles. The summed E-state index contributed by atoms with van der Waals surface area (Å²) in [6, 6.07) is 2.95. The maximum Gasteiger partial charge on any atom is 0.167 e. The van der Waals surface area contributed by atoms with Gasteiger partial charge in [0.2, 0.25) is 0 Å². The molecular weight excluding hydrogens is 296 g/mol. The highest BCUT2D eigenvalue weighted by atomic mass is 79.9. The first-order valence-corrected chi connectivity index (χ1v) is 5.85. The topological polar surface area (TPSA) is 43.1 Å². The van der Waals surface area contributed by atoms with E-state index in [0.717, 1.165) is 0 Å². The van der Waals surface area contributed by atoms with E-state index in [1.165, 1.54) is 6.07 Å². The fraction of sp³-hybridized carbons (Fsp3) is 0.364. The molecule has 2 nitrogen and oxygen atoms in total. The smallest absolute Gasteiger partial charge is 0.167 e. The molecule has 0 amide bonds. The average molecular weight is 309 g/mol. The summed E-state index contributed by atoms with van der Waals surface area (Å²) >= 11 is 8.78. The predicted molar refractivity (Wildman–Crippen MR) is 66.3 cm³/mol. The van der Waals surface area contributed by atoms with E-state index in [-0.39, 0.29) is 22.8 Å². The Morgan fingerprint density at radius 3 is 2.62 bits per heavy atom. The summed E-state index contributed by atoms with van der Waals surface area (Å²) in [4.78, 5) is 11.8. The van der Waals surface area contributed by atoms with E-state index in [1.807, 2.05) is 0 Å². The number of hydrogen-bond acceptors (Lipinski definition) is 2. The molecule has 0 bridgehead atoms. The van der Waals surface area contributed by atoms with Gasteiger partial charge in [0, 0.05) is 16.4 Å². The van der Waals surface area contributed by atoms with Crippen molar-refractivity contribution in [1.29, 1.82) is 0 Å². The van der Waals surface area contributed by atoms with E-state index in [9.17, 15) is 9.18 Å². The lowest BCUT2D eigenvalue weighted by atomic mass is 9.95. The van der Waals surface area contributed by atoms with E-state index in [2.05, 4.69) is 15.9 Å². The van der Waals surface area contributed by atoms with Gasteiger partial charge in [-0.15, -0.1) is 0 Å². The third-order valence-electron chi connectivity index (χ3n) is 1.95. The Morgan fingerprint density at radius 2 is 2.12 bits per heavy atom. The van der Waals surface area contributed by atoms with Crippen LogP contribution in [0, 0.1) is 5.82 Å². The van der Waals surface area contributed by atoms with Crippen LogP contribution in [-0.2, 0) is 0 Å². The summed E-state index contributed by atoms with van der Waals surface area (Å²) in [7, 11) is 0.